The van der Waals surface area contributed by atoms with Gasteiger partial charge in [-0.15, -0.1) is 0 Å². The number of hydrogen-bond acceptors (Lipinski definition) is 4. The molecule has 2 atom stereocenters. The summed E-state index contributed by atoms with van der Waals surface area (Å²) in [6.07, 6.45) is -1.03. The molecule has 0 aliphatic heterocycles. The summed E-state index contributed by atoms with van der Waals surface area (Å²) in [6, 6.07) is 6.17. The Kier molecular flexibility index (Phi) is 4.46. The van der Waals surface area contributed by atoms with Gasteiger partial charge in [0.1, 0.15) is 12.1 Å². The minimum absolute atomic E-state index is 0.257. The Morgan fingerprint density at radius 2 is 2.00 bits per heavy atom. The van der Waals surface area contributed by atoms with Crippen LogP contribution in [-0.4, -0.2) is 23.7 Å². The van der Waals surface area contributed by atoms with E-state index in [2.05, 4.69) is 0 Å². The quantitative estimate of drug-likeness (QED) is 0.744. The molecule has 0 fully saturated rings. The third-order valence-electron chi connectivity index (χ3n) is 2.32. The third-order valence-corrected chi connectivity index (χ3v) is 2.32. The normalized spacial score (nSPS) is 14.2. The van der Waals surface area contributed by atoms with Gasteiger partial charge in [0.25, 0.3) is 0 Å². The molecule has 88 valence electrons. The largest absolute Gasteiger partial charge is 0.465 e. The van der Waals surface area contributed by atoms with E-state index in [1.165, 1.54) is 0 Å². The topological polar surface area (TPSA) is 72.5 Å². The molecule has 0 radical (unpaired) electrons. The maximum Gasteiger partial charge on any atom is 0.325 e. The predicted octanol–water partition coefficient (Wildman–Crippen LogP) is 0.919. The minimum Gasteiger partial charge on any atom is -0.465 e. The summed E-state index contributed by atoms with van der Waals surface area (Å²) < 4.78 is 4.75. The molecule has 1 rings (SSSR count). The molecule has 0 aromatic heterocycles. The van der Waals surface area contributed by atoms with Crippen molar-refractivity contribution in [1.82, 2.24) is 0 Å². The van der Waals surface area contributed by atoms with E-state index >= 15 is 0 Å². The van der Waals surface area contributed by atoms with Crippen LogP contribution in [0.4, 0.5) is 0 Å². The zero-order valence-electron chi connectivity index (χ0n) is 9.51. The van der Waals surface area contributed by atoms with Gasteiger partial charge in [0.15, 0.2) is 0 Å². The highest BCUT2D eigenvalue weighted by Crippen LogP contribution is 2.17. The first-order chi connectivity index (χ1) is 7.56. The van der Waals surface area contributed by atoms with Gasteiger partial charge in [-0.25, -0.2) is 0 Å². The summed E-state index contributed by atoms with van der Waals surface area (Å²) in [5.74, 6) is -0.587. The number of aliphatic hydroxyl groups is 1. The first-order valence-corrected chi connectivity index (χ1v) is 5.23. The zero-order valence-corrected chi connectivity index (χ0v) is 9.51. The molecule has 3 N–H and O–H groups in total. The van der Waals surface area contributed by atoms with Crippen LogP contribution in [0, 0.1) is 6.92 Å². The van der Waals surface area contributed by atoms with Crippen molar-refractivity contribution >= 4 is 5.97 Å². The first kappa shape index (κ1) is 12.7. The highest BCUT2D eigenvalue weighted by Gasteiger charge is 2.24. The summed E-state index contributed by atoms with van der Waals surface area (Å²) in [5, 5.41) is 9.85. The minimum atomic E-state index is -1.04. The van der Waals surface area contributed by atoms with E-state index in [0.717, 1.165) is 5.56 Å². The molecule has 1 aromatic carbocycles. The first-order valence-electron chi connectivity index (χ1n) is 5.23. The summed E-state index contributed by atoms with van der Waals surface area (Å²) in [5.41, 5.74) is 7.29. The second kappa shape index (κ2) is 5.63. The van der Waals surface area contributed by atoms with Gasteiger partial charge in [0, 0.05) is 0 Å². The Balaban J connectivity index is 2.73. The fourth-order valence-corrected chi connectivity index (χ4v) is 1.34. The summed E-state index contributed by atoms with van der Waals surface area (Å²) in [6.45, 7) is 3.90. The van der Waals surface area contributed by atoms with Crippen LogP contribution in [0.25, 0.3) is 0 Å². The number of rotatable bonds is 4. The number of aryl methyl sites for hydroxylation is 1. The number of hydrogen-bond donors (Lipinski definition) is 2. The molecule has 4 nitrogen and oxygen atoms in total. The molecular weight excluding hydrogens is 206 g/mol. The molecule has 0 amide bonds. The average Bonchev–Trinajstić information content (AvgIpc) is 2.28. The molecule has 0 aliphatic rings. The van der Waals surface area contributed by atoms with Gasteiger partial charge < -0.3 is 15.6 Å². The van der Waals surface area contributed by atoms with Crippen LogP contribution in [0.5, 0.6) is 0 Å². The van der Waals surface area contributed by atoms with Crippen LogP contribution >= 0.6 is 0 Å². The molecule has 2 unspecified atom stereocenters. The smallest absolute Gasteiger partial charge is 0.325 e. The lowest BCUT2D eigenvalue weighted by Crippen LogP contribution is -2.38. The van der Waals surface area contributed by atoms with E-state index in [1.54, 1.807) is 19.1 Å². The fourth-order valence-electron chi connectivity index (χ4n) is 1.34. The highest BCUT2D eigenvalue weighted by molar-refractivity contribution is 5.76. The van der Waals surface area contributed by atoms with Crippen LogP contribution in [0.15, 0.2) is 24.3 Å². The van der Waals surface area contributed by atoms with Crippen LogP contribution in [0.3, 0.4) is 0 Å². The van der Waals surface area contributed by atoms with Crippen molar-refractivity contribution in [2.45, 2.75) is 26.0 Å². The number of carbonyl (C=O) groups excluding carboxylic acids is 1. The Bertz CT molecular complexity index is 348. The third kappa shape index (κ3) is 3.05. The SMILES string of the molecule is CCOC(=O)C(N)C(O)c1ccc(C)cc1. The molecule has 0 bridgehead atoms. The predicted molar refractivity (Wildman–Crippen MR) is 60.7 cm³/mol. The van der Waals surface area contributed by atoms with Gasteiger partial charge in [-0.05, 0) is 19.4 Å². The molecule has 0 spiro atoms. The van der Waals surface area contributed by atoms with Crippen LogP contribution in [0.1, 0.15) is 24.2 Å². The van der Waals surface area contributed by atoms with E-state index < -0.39 is 18.1 Å². The van der Waals surface area contributed by atoms with Crippen molar-refractivity contribution in [2.75, 3.05) is 6.61 Å². The van der Waals surface area contributed by atoms with Gasteiger partial charge >= 0.3 is 5.97 Å². The van der Waals surface area contributed by atoms with Gasteiger partial charge in [-0.3, -0.25) is 4.79 Å². The highest BCUT2D eigenvalue weighted by atomic mass is 16.5. The summed E-state index contributed by atoms with van der Waals surface area (Å²) in [7, 11) is 0. The summed E-state index contributed by atoms with van der Waals surface area (Å²) in [4.78, 5) is 11.3. The Morgan fingerprint density at radius 1 is 1.44 bits per heavy atom. The number of carbonyl (C=O) groups is 1. The van der Waals surface area contributed by atoms with E-state index in [-0.39, 0.29) is 6.61 Å². The van der Waals surface area contributed by atoms with Crippen LogP contribution < -0.4 is 5.73 Å². The standard InChI is InChI=1S/C12H17NO3/c1-3-16-12(15)10(13)11(14)9-6-4-8(2)5-7-9/h4-7,10-11,14H,3,13H2,1-2H3. The van der Waals surface area contributed by atoms with Gasteiger partial charge in [0.05, 0.1) is 6.61 Å². The number of benzene rings is 1. The lowest BCUT2D eigenvalue weighted by Gasteiger charge is -2.17. The van der Waals surface area contributed by atoms with Crippen molar-refractivity contribution in [3.05, 3.63) is 35.4 Å². The van der Waals surface area contributed by atoms with E-state index in [9.17, 15) is 9.90 Å². The zero-order chi connectivity index (χ0) is 12.1. The summed E-state index contributed by atoms with van der Waals surface area (Å²) >= 11 is 0. The second-order valence-electron chi connectivity index (χ2n) is 3.63. The maximum atomic E-state index is 11.3. The number of ether oxygens (including phenoxy) is 1. The lowest BCUT2D eigenvalue weighted by molar-refractivity contribution is -0.147. The molecule has 16 heavy (non-hydrogen) atoms. The van der Waals surface area contributed by atoms with Crippen molar-refractivity contribution < 1.29 is 14.6 Å². The van der Waals surface area contributed by atoms with Crippen molar-refractivity contribution in [2.24, 2.45) is 5.73 Å². The molecule has 1 aromatic rings. The fraction of sp³-hybridized carbons (Fsp3) is 0.417. The molecule has 0 saturated heterocycles. The molecule has 4 heteroatoms. The number of esters is 1. The van der Waals surface area contributed by atoms with E-state index in [1.807, 2.05) is 19.1 Å². The Hall–Kier alpha value is -1.39. The van der Waals surface area contributed by atoms with Crippen molar-refractivity contribution in [3.8, 4) is 0 Å². The maximum absolute atomic E-state index is 11.3. The number of aliphatic hydroxyl groups excluding tert-OH is 1. The van der Waals surface area contributed by atoms with E-state index in [4.69, 9.17) is 10.5 Å². The lowest BCUT2D eigenvalue weighted by atomic mass is 10.0. The molecule has 0 aliphatic carbocycles. The van der Waals surface area contributed by atoms with Gasteiger partial charge in [-0.1, -0.05) is 29.8 Å². The Labute approximate surface area is 95.0 Å². The number of nitrogens with two attached hydrogens (primary N) is 1. The Morgan fingerprint density at radius 3 is 2.50 bits per heavy atom. The van der Waals surface area contributed by atoms with E-state index in [0.29, 0.717) is 5.56 Å². The average molecular weight is 223 g/mol. The van der Waals surface area contributed by atoms with Crippen molar-refractivity contribution in [1.29, 1.82) is 0 Å². The molecule has 0 saturated carbocycles. The van der Waals surface area contributed by atoms with Gasteiger partial charge in [0.2, 0.25) is 0 Å². The van der Waals surface area contributed by atoms with Crippen LogP contribution in [0.2, 0.25) is 0 Å². The molecule has 0 heterocycles. The van der Waals surface area contributed by atoms with Crippen molar-refractivity contribution in [3.63, 3.8) is 0 Å². The van der Waals surface area contributed by atoms with Crippen LogP contribution in [-0.2, 0) is 9.53 Å². The van der Waals surface area contributed by atoms with Gasteiger partial charge in [-0.2, -0.15) is 0 Å². The molecular formula is C12H17NO3. The second-order valence-corrected chi connectivity index (χ2v) is 3.63. The monoisotopic (exact) mass is 223 g/mol.